The lowest BCUT2D eigenvalue weighted by molar-refractivity contribution is -0.121. The summed E-state index contributed by atoms with van der Waals surface area (Å²) in [5.41, 5.74) is 0.799. The van der Waals surface area contributed by atoms with Gasteiger partial charge in [-0.05, 0) is 18.9 Å². The van der Waals surface area contributed by atoms with Crippen molar-refractivity contribution in [2.75, 3.05) is 6.54 Å². The lowest BCUT2D eigenvalue weighted by Gasteiger charge is -2.15. The molecular formula is C14H22N2O2. The zero-order valence-electron chi connectivity index (χ0n) is 11.1. The first-order chi connectivity index (χ1) is 8.67. The van der Waals surface area contributed by atoms with Crippen LogP contribution in [0.1, 0.15) is 32.3 Å². The van der Waals surface area contributed by atoms with Crippen LogP contribution >= 0.6 is 0 Å². The molecule has 100 valence electrons. The minimum Gasteiger partial charge on any atom is -0.508 e. The average molecular weight is 250 g/mol. The van der Waals surface area contributed by atoms with Crippen molar-refractivity contribution in [3.05, 3.63) is 29.8 Å². The number of para-hydroxylation sites is 1. The normalized spacial score (nSPS) is 10.6. The van der Waals surface area contributed by atoms with Crippen LogP contribution in [0.15, 0.2) is 24.3 Å². The molecular weight excluding hydrogens is 228 g/mol. The van der Waals surface area contributed by atoms with Crippen LogP contribution in [0.25, 0.3) is 0 Å². The summed E-state index contributed by atoms with van der Waals surface area (Å²) in [4.78, 5) is 11.6. The van der Waals surface area contributed by atoms with Crippen LogP contribution in [0, 0.1) is 0 Å². The van der Waals surface area contributed by atoms with E-state index in [0.29, 0.717) is 6.54 Å². The van der Waals surface area contributed by atoms with Crippen LogP contribution in [0.2, 0.25) is 0 Å². The van der Waals surface area contributed by atoms with Gasteiger partial charge in [0, 0.05) is 18.2 Å². The van der Waals surface area contributed by atoms with Gasteiger partial charge in [-0.3, -0.25) is 4.79 Å². The number of aromatic hydroxyl groups is 1. The fourth-order valence-electron chi connectivity index (χ4n) is 1.74. The second-order valence-electron chi connectivity index (χ2n) is 4.31. The fourth-order valence-corrected chi connectivity index (χ4v) is 1.74. The van der Waals surface area contributed by atoms with Crippen LogP contribution in [0.5, 0.6) is 5.75 Å². The lowest BCUT2D eigenvalue weighted by atomic mass is 10.2. The smallest absolute Gasteiger partial charge is 0.234 e. The molecule has 0 aliphatic rings. The van der Waals surface area contributed by atoms with Crippen molar-refractivity contribution in [1.82, 2.24) is 10.6 Å². The van der Waals surface area contributed by atoms with Crippen molar-refractivity contribution in [1.29, 1.82) is 0 Å². The largest absolute Gasteiger partial charge is 0.508 e. The van der Waals surface area contributed by atoms with Gasteiger partial charge in [0.1, 0.15) is 5.75 Å². The Morgan fingerprint density at radius 3 is 2.56 bits per heavy atom. The number of nitrogens with one attached hydrogen (secondary N) is 2. The van der Waals surface area contributed by atoms with E-state index in [1.54, 1.807) is 12.1 Å². The van der Waals surface area contributed by atoms with Gasteiger partial charge in [-0.1, -0.05) is 32.0 Å². The number of hydrogen-bond donors (Lipinski definition) is 3. The quantitative estimate of drug-likeness (QED) is 0.691. The number of carbonyl (C=O) groups excluding carboxylic acids is 1. The summed E-state index contributed by atoms with van der Waals surface area (Å²) in [6, 6.07) is 7.37. The van der Waals surface area contributed by atoms with Crippen molar-refractivity contribution in [3.8, 4) is 5.75 Å². The van der Waals surface area contributed by atoms with E-state index in [-0.39, 0.29) is 24.2 Å². The molecule has 0 aliphatic carbocycles. The van der Waals surface area contributed by atoms with Crippen LogP contribution in [-0.2, 0) is 11.3 Å². The minimum absolute atomic E-state index is 0.000814. The predicted molar refractivity (Wildman–Crippen MR) is 72.3 cm³/mol. The summed E-state index contributed by atoms with van der Waals surface area (Å²) in [6.07, 6.45) is 1.89. The molecule has 0 saturated heterocycles. The molecule has 0 unspecified atom stereocenters. The predicted octanol–water partition coefficient (Wildman–Crippen LogP) is 1.79. The summed E-state index contributed by atoms with van der Waals surface area (Å²) in [7, 11) is 0. The molecule has 0 heterocycles. The molecule has 0 bridgehead atoms. The van der Waals surface area contributed by atoms with E-state index < -0.39 is 0 Å². The molecule has 18 heavy (non-hydrogen) atoms. The molecule has 0 aliphatic heterocycles. The minimum atomic E-state index is -0.000814. The van der Waals surface area contributed by atoms with Gasteiger partial charge < -0.3 is 15.7 Å². The molecule has 0 radical (unpaired) electrons. The second kappa shape index (κ2) is 7.71. The Balaban J connectivity index is 2.29. The van der Waals surface area contributed by atoms with Gasteiger partial charge >= 0.3 is 0 Å². The topological polar surface area (TPSA) is 61.4 Å². The number of hydrogen-bond acceptors (Lipinski definition) is 3. The van der Waals surface area contributed by atoms with Crippen molar-refractivity contribution < 1.29 is 9.90 Å². The Hall–Kier alpha value is -1.55. The maximum Gasteiger partial charge on any atom is 0.234 e. The van der Waals surface area contributed by atoms with Crippen molar-refractivity contribution in [2.24, 2.45) is 0 Å². The van der Waals surface area contributed by atoms with Crippen molar-refractivity contribution in [3.63, 3.8) is 0 Å². The number of rotatable bonds is 7. The van der Waals surface area contributed by atoms with E-state index >= 15 is 0 Å². The van der Waals surface area contributed by atoms with E-state index in [1.807, 2.05) is 12.1 Å². The first-order valence-corrected chi connectivity index (χ1v) is 6.44. The second-order valence-corrected chi connectivity index (χ2v) is 4.31. The van der Waals surface area contributed by atoms with Gasteiger partial charge in [0.2, 0.25) is 5.91 Å². The molecule has 4 nitrogen and oxygen atoms in total. The first-order valence-electron chi connectivity index (χ1n) is 6.44. The summed E-state index contributed by atoms with van der Waals surface area (Å²) < 4.78 is 0. The van der Waals surface area contributed by atoms with Crippen LogP contribution in [0.3, 0.4) is 0 Å². The number of amides is 1. The molecule has 0 spiro atoms. The van der Waals surface area contributed by atoms with Gasteiger partial charge in [-0.25, -0.2) is 0 Å². The Morgan fingerprint density at radius 2 is 1.94 bits per heavy atom. The maximum atomic E-state index is 11.6. The maximum absolute atomic E-state index is 11.6. The van der Waals surface area contributed by atoms with Gasteiger partial charge in [-0.2, -0.15) is 0 Å². The zero-order chi connectivity index (χ0) is 13.4. The molecule has 0 atom stereocenters. The van der Waals surface area contributed by atoms with Gasteiger partial charge in [0.25, 0.3) is 0 Å². The summed E-state index contributed by atoms with van der Waals surface area (Å²) in [5.74, 6) is 0.254. The Labute approximate surface area is 108 Å². The molecule has 3 N–H and O–H groups in total. The van der Waals surface area contributed by atoms with Crippen LogP contribution < -0.4 is 10.6 Å². The summed E-state index contributed by atoms with van der Waals surface area (Å²) >= 11 is 0. The number of phenolic OH excluding ortho intramolecular Hbond substituents is 1. The standard InChI is InChI=1S/C14H22N2O2/c1-3-12(4-2)16-14(18)10-15-9-11-7-5-6-8-13(11)17/h5-8,12,15,17H,3-4,9-10H2,1-2H3,(H,16,18). The Bertz CT molecular complexity index is 376. The monoisotopic (exact) mass is 250 g/mol. The third-order valence-corrected chi connectivity index (χ3v) is 2.94. The van der Waals surface area contributed by atoms with E-state index in [9.17, 15) is 9.90 Å². The molecule has 1 amide bonds. The zero-order valence-corrected chi connectivity index (χ0v) is 11.1. The fraction of sp³-hybridized carbons (Fsp3) is 0.500. The summed E-state index contributed by atoms with van der Waals surface area (Å²) in [5, 5.41) is 15.5. The number of benzene rings is 1. The van der Waals surface area contributed by atoms with Gasteiger partial charge in [0.15, 0.2) is 0 Å². The number of carbonyl (C=O) groups is 1. The van der Waals surface area contributed by atoms with Crippen molar-refractivity contribution in [2.45, 2.75) is 39.3 Å². The third-order valence-electron chi connectivity index (χ3n) is 2.94. The molecule has 4 heteroatoms. The third kappa shape index (κ3) is 4.75. The van der Waals surface area contributed by atoms with Crippen molar-refractivity contribution >= 4 is 5.91 Å². The van der Waals surface area contributed by atoms with E-state index in [4.69, 9.17) is 0 Å². The van der Waals surface area contributed by atoms with Crippen LogP contribution in [-0.4, -0.2) is 23.6 Å². The highest BCUT2D eigenvalue weighted by Crippen LogP contribution is 2.14. The molecule has 0 fully saturated rings. The number of phenols is 1. The molecule has 1 rings (SSSR count). The van der Waals surface area contributed by atoms with Gasteiger partial charge in [0.05, 0.1) is 6.54 Å². The van der Waals surface area contributed by atoms with E-state index in [2.05, 4.69) is 24.5 Å². The van der Waals surface area contributed by atoms with E-state index in [0.717, 1.165) is 18.4 Å². The van der Waals surface area contributed by atoms with Gasteiger partial charge in [-0.15, -0.1) is 0 Å². The highest BCUT2D eigenvalue weighted by Gasteiger charge is 2.07. The molecule has 0 saturated carbocycles. The Morgan fingerprint density at radius 1 is 1.28 bits per heavy atom. The molecule has 0 aromatic heterocycles. The van der Waals surface area contributed by atoms with E-state index in [1.165, 1.54) is 0 Å². The molecule has 1 aromatic rings. The molecule has 1 aromatic carbocycles. The highest BCUT2D eigenvalue weighted by atomic mass is 16.3. The average Bonchev–Trinajstić information content (AvgIpc) is 2.38. The lowest BCUT2D eigenvalue weighted by Crippen LogP contribution is -2.39. The highest BCUT2D eigenvalue weighted by molar-refractivity contribution is 5.78. The SMILES string of the molecule is CCC(CC)NC(=O)CNCc1ccccc1O. The van der Waals surface area contributed by atoms with Crippen LogP contribution in [0.4, 0.5) is 0 Å². The Kier molecular flexibility index (Phi) is 6.22. The summed E-state index contributed by atoms with van der Waals surface area (Å²) in [6.45, 7) is 4.88. The first kappa shape index (κ1) is 14.5.